The van der Waals surface area contributed by atoms with Crippen molar-refractivity contribution in [2.75, 3.05) is 5.32 Å². The van der Waals surface area contributed by atoms with E-state index in [4.69, 9.17) is 12.2 Å². The summed E-state index contributed by atoms with van der Waals surface area (Å²) in [5.41, 5.74) is 1.07. The number of carbonyl (C=O) groups excluding carboxylic acids is 1. The predicted molar refractivity (Wildman–Crippen MR) is 85.8 cm³/mol. The predicted octanol–water partition coefficient (Wildman–Crippen LogP) is 2.43. The number of hydrogen-bond donors (Lipinski definition) is 2. The van der Waals surface area contributed by atoms with Crippen LogP contribution >= 0.6 is 12.2 Å². The summed E-state index contributed by atoms with van der Waals surface area (Å²) in [5.74, 6) is 0.0949. The number of carbonyl (C=O) groups is 1. The number of nitro benzene ring substituents is 1. The molecule has 0 atom stereocenters. The Morgan fingerprint density at radius 1 is 1.27 bits per heavy atom. The quantitative estimate of drug-likeness (QED) is 0.513. The van der Waals surface area contributed by atoms with Crippen LogP contribution in [0.3, 0.4) is 0 Å². The smallest absolute Gasteiger partial charge is 0.269 e. The molecule has 0 radical (unpaired) electrons. The molecule has 1 heterocycles. The minimum atomic E-state index is -0.530. The lowest BCUT2D eigenvalue weighted by Crippen LogP contribution is -2.34. The zero-order chi connectivity index (χ0) is 16.1. The van der Waals surface area contributed by atoms with Gasteiger partial charge >= 0.3 is 0 Å². The van der Waals surface area contributed by atoms with E-state index in [9.17, 15) is 14.9 Å². The number of aromatic nitrogens is 1. The standard InChI is InChI=1S/C14H12N4O3S/c1-9-3-2-8-15-12(9)16-14(22)17-13(19)10-4-6-11(7-5-10)18(20)21/h2-8H,1H3,(H2,15,16,17,19,22). The fourth-order valence-electron chi connectivity index (χ4n) is 1.67. The maximum atomic E-state index is 12.0. The van der Waals surface area contributed by atoms with Gasteiger partial charge < -0.3 is 5.32 Å². The maximum Gasteiger partial charge on any atom is 0.269 e. The van der Waals surface area contributed by atoms with Gasteiger partial charge in [0.1, 0.15) is 5.82 Å². The van der Waals surface area contributed by atoms with E-state index in [0.29, 0.717) is 5.82 Å². The van der Waals surface area contributed by atoms with Gasteiger partial charge in [0, 0.05) is 23.9 Å². The Labute approximate surface area is 131 Å². The molecule has 0 aliphatic rings. The number of thiocarbonyl (C=S) groups is 1. The molecular formula is C14H12N4O3S. The van der Waals surface area contributed by atoms with Crippen LogP contribution in [0.5, 0.6) is 0 Å². The van der Waals surface area contributed by atoms with Crippen molar-refractivity contribution in [2.45, 2.75) is 6.92 Å². The van der Waals surface area contributed by atoms with Crippen LogP contribution in [-0.2, 0) is 0 Å². The summed E-state index contributed by atoms with van der Waals surface area (Å²) < 4.78 is 0. The summed E-state index contributed by atoms with van der Waals surface area (Å²) in [4.78, 5) is 26.1. The number of hydrogen-bond acceptors (Lipinski definition) is 5. The second-order valence-corrected chi connectivity index (χ2v) is 4.79. The highest BCUT2D eigenvalue weighted by Crippen LogP contribution is 2.12. The molecule has 2 rings (SSSR count). The highest BCUT2D eigenvalue weighted by atomic mass is 32.1. The van der Waals surface area contributed by atoms with E-state index in [1.165, 1.54) is 24.3 Å². The third-order valence-corrected chi connectivity index (χ3v) is 3.01. The Balaban J connectivity index is 2.01. The fourth-order valence-corrected chi connectivity index (χ4v) is 1.85. The monoisotopic (exact) mass is 316 g/mol. The molecule has 8 heteroatoms. The van der Waals surface area contributed by atoms with Crippen LogP contribution in [-0.4, -0.2) is 20.9 Å². The molecule has 1 aromatic heterocycles. The Morgan fingerprint density at radius 3 is 2.55 bits per heavy atom. The molecular weight excluding hydrogens is 304 g/mol. The number of nitrogens with one attached hydrogen (secondary N) is 2. The third-order valence-electron chi connectivity index (χ3n) is 2.81. The summed E-state index contributed by atoms with van der Waals surface area (Å²) >= 11 is 5.05. The molecule has 0 saturated heterocycles. The Kier molecular flexibility index (Phi) is 4.74. The van der Waals surface area contributed by atoms with Gasteiger partial charge in [-0.25, -0.2) is 4.98 Å². The van der Waals surface area contributed by atoms with Crippen LogP contribution < -0.4 is 10.6 Å². The van der Waals surface area contributed by atoms with Gasteiger partial charge in [0.2, 0.25) is 0 Å². The average molecular weight is 316 g/mol. The second-order valence-electron chi connectivity index (χ2n) is 4.38. The van der Waals surface area contributed by atoms with Gasteiger partial charge in [-0.2, -0.15) is 0 Å². The maximum absolute atomic E-state index is 12.0. The van der Waals surface area contributed by atoms with Crippen molar-refractivity contribution in [3.63, 3.8) is 0 Å². The van der Waals surface area contributed by atoms with Crippen molar-refractivity contribution in [3.8, 4) is 0 Å². The van der Waals surface area contributed by atoms with Crippen molar-refractivity contribution in [2.24, 2.45) is 0 Å². The third kappa shape index (κ3) is 3.83. The molecule has 0 bridgehead atoms. The molecule has 22 heavy (non-hydrogen) atoms. The highest BCUT2D eigenvalue weighted by Gasteiger charge is 2.11. The van der Waals surface area contributed by atoms with Crippen LogP contribution in [0, 0.1) is 17.0 Å². The number of non-ortho nitro benzene ring substituents is 1. The molecule has 0 saturated carbocycles. The topological polar surface area (TPSA) is 97.2 Å². The first kappa shape index (κ1) is 15.5. The van der Waals surface area contributed by atoms with Crippen LogP contribution in [0.15, 0.2) is 42.6 Å². The van der Waals surface area contributed by atoms with E-state index in [1.54, 1.807) is 12.3 Å². The molecule has 112 valence electrons. The molecule has 0 aliphatic carbocycles. The first-order valence-corrected chi connectivity index (χ1v) is 6.66. The molecule has 0 spiro atoms. The molecule has 2 N–H and O–H groups in total. The molecule has 2 aromatic rings. The normalized spacial score (nSPS) is 9.86. The SMILES string of the molecule is Cc1cccnc1NC(=S)NC(=O)c1ccc([N+](=O)[O-])cc1. The van der Waals surface area contributed by atoms with E-state index in [1.807, 2.05) is 13.0 Å². The van der Waals surface area contributed by atoms with Gasteiger partial charge in [-0.3, -0.25) is 20.2 Å². The van der Waals surface area contributed by atoms with Gasteiger partial charge in [0.05, 0.1) is 4.92 Å². The minimum Gasteiger partial charge on any atom is -0.317 e. The van der Waals surface area contributed by atoms with Gasteiger partial charge in [-0.1, -0.05) is 6.07 Å². The molecule has 0 aliphatic heterocycles. The van der Waals surface area contributed by atoms with Crippen LogP contribution in [0.1, 0.15) is 15.9 Å². The van der Waals surface area contributed by atoms with Crippen LogP contribution in [0.2, 0.25) is 0 Å². The summed E-state index contributed by atoms with van der Waals surface area (Å²) in [6.07, 6.45) is 1.61. The Bertz CT molecular complexity index is 731. The number of amides is 1. The number of anilines is 1. The number of aryl methyl sites for hydroxylation is 1. The second kappa shape index (κ2) is 6.72. The van der Waals surface area contributed by atoms with E-state index < -0.39 is 10.8 Å². The van der Waals surface area contributed by atoms with Crippen LogP contribution in [0.4, 0.5) is 11.5 Å². The lowest BCUT2D eigenvalue weighted by molar-refractivity contribution is -0.384. The Morgan fingerprint density at radius 2 is 1.95 bits per heavy atom. The van der Waals surface area contributed by atoms with Gasteiger partial charge in [-0.15, -0.1) is 0 Å². The number of rotatable bonds is 3. The Hall–Kier alpha value is -2.87. The summed E-state index contributed by atoms with van der Waals surface area (Å²) in [5, 5.41) is 16.0. The van der Waals surface area contributed by atoms with Crippen molar-refractivity contribution >= 4 is 34.7 Å². The average Bonchev–Trinajstić information content (AvgIpc) is 2.49. The first-order chi connectivity index (χ1) is 10.5. The largest absolute Gasteiger partial charge is 0.317 e. The van der Waals surface area contributed by atoms with E-state index >= 15 is 0 Å². The molecule has 1 amide bonds. The molecule has 7 nitrogen and oxygen atoms in total. The number of nitrogens with zero attached hydrogens (tertiary/aromatic N) is 2. The molecule has 0 fully saturated rings. The van der Waals surface area contributed by atoms with Crippen molar-refractivity contribution < 1.29 is 9.72 Å². The lowest BCUT2D eigenvalue weighted by atomic mass is 10.2. The van der Waals surface area contributed by atoms with Gasteiger partial charge in [0.25, 0.3) is 11.6 Å². The zero-order valence-electron chi connectivity index (χ0n) is 11.6. The van der Waals surface area contributed by atoms with Gasteiger partial charge in [0.15, 0.2) is 5.11 Å². The minimum absolute atomic E-state index is 0.0821. The van der Waals surface area contributed by atoms with Crippen molar-refractivity contribution in [3.05, 3.63) is 63.8 Å². The number of pyridine rings is 1. The number of benzene rings is 1. The number of nitro groups is 1. The summed E-state index contributed by atoms with van der Waals surface area (Å²) in [6.45, 7) is 1.86. The van der Waals surface area contributed by atoms with E-state index in [-0.39, 0.29) is 16.4 Å². The van der Waals surface area contributed by atoms with Crippen molar-refractivity contribution in [1.82, 2.24) is 10.3 Å². The van der Waals surface area contributed by atoms with E-state index in [2.05, 4.69) is 15.6 Å². The van der Waals surface area contributed by atoms with Crippen molar-refractivity contribution in [1.29, 1.82) is 0 Å². The molecule has 1 aromatic carbocycles. The highest BCUT2D eigenvalue weighted by molar-refractivity contribution is 7.80. The fraction of sp³-hybridized carbons (Fsp3) is 0.0714. The zero-order valence-corrected chi connectivity index (χ0v) is 12.4. The lowest BCUT2D eigenvalue weighted by Gasteiger charge is -2.10. The molecule has 0 unspecified atom stereocenters. The van der Waals surface area contributed by atoms with Gasteiger partial charge in [-0.05, 0) is 42.9 Å². The summed E-state index contributed by atoms with van der Waals surface area (Å²) in [6, 6.07) is 8.89. The van der Waals surface area contributed by atoms with Crippen LogP contribution in [0.25, 0.3) is 0 Å². The first-order valence-electron chi connectivity index (χ1n) is 6.26. The summed E-state index contributed by atoms with van der Waals surface area (Å²) in [7, 11) is 0. The van der Waals surface area contributed by atoms with E-state index in [0.717, 1.165) is 5.56 Å².